The predicted molar refractivity (Wildman–Crippen MR) is 103 cm³/mol. The lowest BCUT2D eigenvalue weighted by Crippen LogP contribution is -2.40. The number of sulfonamides is 1. The van der Waals surface area contributed by atoms with Crippen molar-refractivity contribution in [2.75, 3.05) is 45.5 Å². The minimum absolute atomic E-state index is 0.0241. The molecular formula is C19H20N2O7S. The molecule has 0 saturated carbocycles. The summed E-state index contributed by atoms with van der Waals surface area (Å²) in [7, 11) is -2.32. The number of carbonyl (C=O) groups is 1. The number of benzene rings is 2. The molecule has 1 amide bonds. The van der Waals surface area contributed by atoms with E-state index in [4.69, 9.17) is 18.9 Å². The van der Waals surface area contributed by atoms with Gasteiger partial charge in [-0.25, -0.2) is 8.42 Å². The molecule has 0 unspecified atom stereocenters. The Morgan fingerprint density at radius 1 is 1.07 bits per heavy atom. The predicted octanol–water partition coefficient (Wildman–Crippen LogP) is 1.70. The normalized spacial score (nSPS) is 16.4. The van der Waals surface area contributed by atoms with E-state index < -0.39 is 15.9 Å². The third kappa shape index (κ3) is 3.86. The molecule has 1 N–H and O–H groups in total. The van der Waals surface area contributed by atoms with Gasteiger partial charge in [0.2, 0.25) is 16.8 Å². The van der Waals surface area contributed by atoms with Gasteiger partial charge in [-0.1, -0.05) is 0 Å². The Bertz CT molecular complexity index is 1030. The summed E-state index contributed by atoms with van der Waals surface area (Å²) >= 11 is 0. The van der Waals surface area contributed by atoms with Gasteiger partial charge in [0, 0.05) is 24.8 Å². The average molecular weight is 420 g/mol. The number of methoxy groups -OCH3 is 1. The highest BCUT2D eigenvalue weighted by atomic mass is 32.2. The van der Waals surface area contributed by atoms with Crippen LogP contribution in [0.25, 0.3) is 0 Å². The molecule has 0 spiro atoms. The highest BCUT2D eigenvalue weighted by Crippen LogP contribution is 2.34. The first-order chi connectivity index (χ1) is 14.0. The number of amides is 1. The highest BCUT2D eigenvalue weighted by Gasteiger charge is 2.28. The van der Waals surface area contributed by atoms with E-state index in [2.05, 4.69) is 5.32 Å². The van der Waals surface area contributed by atoms with Crippen molar-refractivity contribution in [2.45, 2.75) is 4.90 Å². The molecule has 0 atom stereocenters. The summed E-state index contributed by atoms with van der Waals surface area (Å²) in [6.45, 7) is 1.35. The zero-order chi connectivity index (χ0) is 20.4. The van der Waals surface area contributed by atoms with Gasteiger partial charge in [0.05, 0.1) is 30.8 Å². The van der Waals surface area contributed by atoms with Gasteiger partial charge in [-0.2, -0.15) is 4.31 Å². The summed E-state index contributed by atoms with van der Waals surface area (Å²) in [6, 6.07) is 9.23. The number of fused-ring (bicyclic) bond motifs is 1. The van der Waals surface area contributed by atoms with Crippen molar-refractivity contribution in [3.8, 4) is 17.2 Å². The number of nitrogens with one attached hydrogen (secondary N) is 1. The molecule has 2 heterocycles. The van der Waals surface area contributed by atoms with Crippen LogP contribution >= 0.6 is 0 Å². The van der Waals surface area contributed by atoms with E-state index in [1.54, 1.807) is 18.2 Å². The number of anilines is 1. The molecule has 9 nitrogen and oxygen atoms in total. The van der Waals surface area contributed by atoms with Crippen molar-refractivity contribution in [3.05, 3.63) is 42.0 Å². The van der Waals surface area contributed by atoms with Crippen molar-refractivity contribution in [3.63, 3.8) is 0 Å². The Morgan fingerprint density at radius 2 is 1.83 bits per heavy atom. The van der Waals surface area contributed by atoms with E-state index in [9.17, 15) is 13.2 Å². The van der Waals surface area contributed by atoms with Crippen LogP contribution in [0.4, 0.5) is 5.69 Å². The summed E-state index contributed by atoms with van der Waals surface area (Å²) in [5.74, 6) is 0.890. The van der Waals surface area contributed by atoms with Crippen LogP contribution in [-0.4, -0.2) is 58.8 Å². The number of ether oxygens (including phenoxy) is 4. The Labute approximate surface area is 168 Å². The lowest BCUT2D eigenvalue weighted by atomic mass is 10.1. The van der Waals surface area contributed by atoms with Gasteiger partial charge in [-0.05, 0) is 30.3 Å². The van der Waals surface area contributed by atoms with Gasteiger partial charge in [-0.3, -0.25) is 4.79 Å². The Hall–Kier alpha value is -2.82. The van der Waals surface area contributed by atoms with E-state index in [0.29, 0.717) is 30.4 Å². The number of carbonyl (C=O) groups excluding carboxylic acids is 1. The van der Waals surface area contributed by atoms with Gasteiger partial charge < -0.3 is 24.3 Å². The summed E-state index contributed by atoms with van der Waals surface area (Å²) < 4.78 is 48.2. The number of hydrogen-bond acceptors (Lipinski definition) is 7. The Morgan fingerprint density at radius 3 is 2.59 bits per heavy atom. The molecule has 2 aromatic rings. The first kappa shape index (κ1) is 19.5. The quantitative estimate of drug-likeness (QED) is 0.785. The summed E-state index contributed by atoms with van der Waals surface area (Å²) in [5, 5.41) is 2.74. The van der Waals surface area contributed by atoms with Crippen LogP contribution < -0.4 is 19.5 Å². The van der Waals surface area contributed by atoms with Crippen LogP contribution in [0.5, 0.6) is 17.2 Å². The molecule has 1 saturated heterocycles. The number of morpholine rings is 1. The first-order valence-corrected chi connectivity index (χ1v) is 10.4. The molecule has 0 aliphatic carbocycles. The number of hydrogen-bond donors (Lipinski definition) is 1. The van der Waals surface area contributed by atoms with Crippen molar-refractivity contribution in [1.29, 1.82) is 0 Å². The molecule has 4 rings (SSSR count). The molecule has 29 heavy (non-hydrogen) atoms. The van der Waals surface area contributed by atoms with E-state index in [1.165, 1.54) is 29.6 Å². The Balaban J connectivity index is 1.62. The third-order valence-corrected chi connectivity index (χ3v) is 6.55. The number of nitrogens with zero attached hydrogens (tertiary/aromatic N) is 1. The van der Waals surface area contributed by atoms with Crippen LogP contribution in [0.2, 0.25) is 0 Å². The van der Waals surface area contributed by atoms with Gasteiger partial charge in [0.15, 0.2) is 11.5 Å². The molecule has 0 radical (unpaired) electrons. The fourth-order valence-corrected chi connectivity index (χ4v) is 4.57. The number of rotatable bonds is 5. The van der Waals surface area contributed by atoms with Crippen LogP contribution in [-0.2, 0) is 14.8 Å². The largest absolute Gasteiger partial charge is 0.496 e. The maximum Gasteiger partial charge on any atom is 0.259 e. The van der Waals surface area contributed by atoms with Crippen LogP contribution in [0.1, 0.15) is 10.4 Å². The summed E-state index contributed by atoms with van der Waals surface area (Å²) in [5.41, 5.74) is 0.599. The Kier molecular flexibility index (Phi) is 5.31. The second-order valence-corrected chi connectivity index (χ2v) is 8.34. The molecule has 1 fully saturated rings. The van der Waals surface area contributed by atoms with Gasteiger partial charge >= 0.3 is 0 Å². The van der Waals surface area contributed by atoms with Crippen LogP contribution in [0.3, 0.4) is 0 Å². The molecule has 154 valence electrons. The second-order valence-electron chi connectivity index (χ2n) is 6.40. The van der Waals surface area contributed by atoms with Crippen molar-refractivity contribution in [2.24, 2.45) is 0 Å². The lowest BCUT2D eigenvalue weighted by Gasteiger charge is -2.26. The zero-order valence-electron chi connectivity index (χ0n) is 15.7. The molecule has 0 bridgehead atoms. The molecule has 2 aliphatic heterocycles. The minimum Gasteiger partial charge on any atom is -0.496 e. The minimum atomic E-state index is -3.74. The molecule has 0 aromatic heterocycles. The maximum atomic E-state index is 12.9. The lowest BCUT2D eigenvalue weighted by molar-refractivity contribution is 0.0730. The van der Waals surface area contributed by atoms with Crippen molar-refractivity contribution < 1.29 is 32.2 Å². The van der Waals surface area contributed by atoms with Crippen molar-refractivity contribution in [1.82, 2.24) is 4.31 Å². The standard InChI is InChI=1S/C19H20N2O7S/c1-25-16-5-3-14(29(23,24)21-6-8-26-9-7-21)11-15(16)19(22)20-13-2-4-17-18(10-13)28-12-27-17/h2-5,10-11H,6-9,12H2,1H3,(H,20,22). The summed E-state index contributed by atoms with van der Waals surface area (Å²) in [4.78, 5) is 12.9. The van der Waals surface area contributed by atoms with Crippen LogP contribution in [0.15, 0.2) is 41.3 Å². The van der Waals surface area contributed by atoms with Gasteiger partial charge in [-0.15, -0.1) is 0 Å². The molecule has 10 heteroatoms. The fourth-order valence-electron chi connectivity index (χ4n) is 3.13. The smallest absolute Gasteiger partial charge is 0.259 e. The monoisotopic (exact) mass is 420 g/mol. The highest BCUT2D eigenvalue weighted by molar-refractivity contribution is 7.89. The summed E-state index contributed by atoms with van der Waals surface area (Å²) in [6.07, 6.45) is 0. The van der Waals surface area contributed by atoms with Crippen molar-refractivity contribution >= 4 is 21.6 Å². The molecule has 2 aromatic carbocycles. The molecular weight excluding hydrogens is 400 g/mol. The van der Waals surface area contributed by atoms with E-state index in [0.717, 1.165) is 0 Å². The average Bonchev–Trinajstić information content (AvgIpc) is 3.21. The first-order valence-electron chi connectivity index (χ1n) is 8.96. The van der Waals surface area contributed by atoms with E-state index >= 15 is 0 Å². The van der Waals surface area contributed by atoms with Crippen LogP contribution in [0, 0.1) is 0 Å². The van der Waals surface area contributed by atoms with E-state index in [1.807, 2.05) is 0 Å². The second kappa shape index (κ2) is 7.90. The third-order valence-electron chi connectivity index (χ3n) is 4.65. The topological polar surface area (TPSA) is 103 Å². The molecule has 2 aliphatic rings. The zero-order valence-corrected chi connectivity index (χ0v) is 16.5. The van der Waals surface area contributed by atoms with Gasteiger partial charge in [0.25, 0.3) is 5.91 Å². The SMILES string of the molecule is COc1ccc(S(=O)(=O)N2CCOCC2)cc1C(=O)Nc1ccc2c(c1)OCO2. The van der Waals surface area contributed by atoms with Gasteiger partial charge in [0.1, 0.15) is 5.75 Å². The van der Waals surface area contributed by atoms with E-state index in [-0.39, 0.29) is 36.1 Å². The maximum absolute atomic E-state index is 12.9. The fraction of sp³-hybridized carbons (Fsp3) is 0.316.